The highest BCUT2D eigenvalue weighted by Gasteiger charge is 2.22. The predicted molar refractivity (Wildman–Crippen MR) is 128 cm³/mol. The van der Waals surface area contributed by atoms with Crippen LogP contribution >= 0.6 is 0 Å². The van der Waals surface area contributed by atoms with Crippen LogP contribution in [0.25, 0.3) is 0 Å². The van der Waals surface area contributed by atoms with Crippen molar-refractivity contribution in [2.24, 2.45) is 4.99 Å². The fraction of sp³-hybridized carbons (Fsp3) is 0.542. The first-order valence-electron chi connectivity index (χ1n) is 11.5. The monoisotopic (exact) mass is 437 g/mol. The number of rotatable bonds is 5. The van der Waals surface area contributed by atoms with E-state index in [4.69, 9.17) is 4.74 Å². The zero-order chi connectivity index (χ0) is 22.3. The zero-order valence-electron chi connectivity index (χ0n) is 19.4. The van der Waals surface area contributed by atoms with Crippen molar-refractivity contribution in [2.75, 3.05) is 51.2 Å². The fourth-order valence-electron chi connectivity index (χ4n) is 4.52. The van der Waals surface area contributed by atoms with E-state index >= 15 is 0 Å². The van der Waals surface area contributed by atoms with Crippen LogP contribution in [0.4, 0.5) is 5.95 Å². The second-order valence-electron chi connectivity index (χ2n) is 8.69. The number of guanidine groups is 1. The number of piperazine rings is 1. The summed E-state index contributed by atoms with van der Waals surface area (Å²) in [5.74, 6) is 1.75. The highest BCUT2D eigenvalue weighted by atomic mass is 16.5. The van der Waals surface area contributed by atoms with E-state index in [9.17, 15) is 0 Å². The van der Waals surface area contributed by atoms with Crippen LogP contribution < -0.4 is 10.2 Å². The van der Waals surface area contributed by atoms with Gasteiger partial charge in [0, 0.05) is 71.8 Å². The predicted octanol–water partition coefficient (Wildman–Crippen LogP) is 1.98. The number of morpholine rings is 1. The van der Waals surface area contributed by atoms with E-state index in [-0.39, 0.29) is 0 Å². The number of hydrogen-bond donors (Lipinski definition) is 1. The molecule has 2 aliphatic rings. The summed E-state index contributed by atoms with van der Waals surface area (Å²) in [6, 6.07) is 10.8. The third-order valence-electron chi connectivity index (χ3n) is 6.00. The lowest BCUT2D eigenvalue weighted by molar-refractivity contribution is -0.0704. The molecule has 0 amide bonds. The van der Waals surface area contributed by atoms with Crippen LogP contribution in [0.3, 0.4) is 0 Å². The summed E-state index contributed by atoms with van der Waals surface area (Å²) in [6.45, 7) is 11.6. The van der Waals surface area contributed by atoms with Gasteiger partial charge in [-0.3, -0.25) is 9.89 Å². The van der Waals surface area contributed by atoms with Gasteiger partial charge in [0.15, 0.2) is 5.96 Å². The first kappa shape index (κ1) is 22.5. The molecule has 2 fully saturated rings. The Morgan fingerprint density at radius 2 is 1.62 bits per heavy atom. The van der Waals surface area contributed by atoms with Crippen LogP contribution in [0.5, 0.6) is 0 Å². The third kappa shape index (κ3) is 5.95. The Labute approximate surface area is 191 Å². The van der Waals surface area contributed by atoms with Crippen LogP contribution in [-0.2, 0) is 17.8 Å². The Morgan fingerprint density at radius 1 is 1.00 bits per heavy atom. The Morgan fingerprint density at radius 3 is 2.25 bits per heavy atom. The first-order chi connectivity index (χ1) is 15.6. The van der Waals surface area contributed by atoms with Gasteiger partial charge in [0.05, 0.1) is 12.2 Å². The minimum Gasteiger partial charge on any atom is -0.373 e. The molecule has 0 bridgehead atoms. The number of hydrogen-bond acceptors (Lipinski definition) is 6. The van der Waals surface area contributed by atoms with Crippen LogP contribution in [0.2, 0.25) is 0 Å². The molecule has 32 heavy (non-hydrogen) atoms. The van der Waals surface area contributed by atoms with Crippen molar-refractivity contribution in [1.82, 2.24) is 25.1 Å². The normalized spacial score (nSPS) is 22.8. The molecule has 0 saturated carbocycles. The maximum Gasteiger partial charge on any atom is 0.225 e. The summed E-state index contributed by atoms with van der Waals surface area (Å²) in [5.41, 5.74) is 2.61. The zero-order valence-corrected chi connectivity index (χ0v) is 19.4. The van der Waals surface area contributed by atoms with Crippen molar-refractivity contribution in [1.29, 1.82) is 0 Å². The van der Waals surface area contributed by atoms with Gasteiger partial charge in [-0.1, -0.05) is 24.3 Å². The number of aliphatic imine (C=N–C) groups is 1. The van der Waals surface area contributed by atoms with E-state index in [1.165, 1.54) is 11.1 Å². The maximum absolute atomic E-state index is 5.84. The summed E-state index contributed by atoms with van der Waals surface area (Å²) in [6.07, 6.45) is 4.19. The van der Waals surface area contributed by atoms with E-state index < -0.39 is 0 Å². The second kappa shape index (κ2) is 10.7. The molecule has 0 spiro atoms. The molecule has 2 saturated heterocycles. The van der Waals surface area contributed by atoms with Gasteiger partial charge in [0.2, 0.25) is 5.95 Å². The Hall–Kier alpha value is -2.71. The second-order valence-corrected chi connectivity index (χ2v) is 8.69. The number of aromatic nitrogens is 2. The highest BCUT2D eigenvalue weighted by molar-refractivity contribution is 5.80. The molecule has 4 rings (SSSR count). The van der Waals surface area contributed by atoms with Crippen molar-refractivity contribution in [3.63, 3.8) is 0 Å². The van der Waals surface area contributed by atoms with Gasteiger partial charge in [-0.25, -0.2) is 9.97 Å². The highest BCUT2D eigenvalue weighted by Crippen LogP contribution is 2.15. The molecule has 1 aromatic carbocycles. The molecule has 2 aliphatic heterocycles. The average molecular weight is 438 g/mol. The number of nitrogens with one attached hydrogen (secondary N) is 1. The largest absolute Gasteiger partial charge is 0.373 e. The molecule has 0 aliphatic carbocycles. The molecule has 8 heteroatoms. The minimum absolute atomic E-state index is 0.302. The quantitative estimate of drug-likeness (QED) is 0.567. The van der Waals surface area contributed by atoms with E-state index in [1.807, 2.05) is 13.1 Å². The Balaban J connectivity index is 1.25. The number of anilines is 1. The first-order valence-corrected chi connectivity index (χ1v) is 11.5. The minimum atomic E-state index is 0.302. The summed E-state index contributed by atoms with van der Waals surface area (Å²) in [5, 5.41) is 3.52. The SMILES string of the molecule is CN=C(NCc1ccc(CN2CC(C)OC(C)C2)cc1)N1CCN(c2ncccn2)CC1. The molecular formula is C24H35N7O. The van der Waals surface area contributed by atoms with Gasteiger partial charge in [-0.2, -0.15) is 0 Å². The van der Waals surface area contributed by atoms with Crippen molar-refractivity contribution < 1.29 is 4.74 Å². The van der Waals surface area contributed by atoms with Crippen LogP contribution in [0, 0.1) is 0 Å². The summed E-state index contributed by atoms with van der Waals surface area (Å²) in [7, 11) is 1.85. The molecule has 3 heterocycles. The molecule has 172 valence electrons. The summed E-state index contributed by atoms with van der Waals surface area (Å²) < 4.78 is 5.84. The van der Waals surface area contributed by atoms with E-state index in [0.29, 0.717) is 12.2 Å². The van der Waals surface area contributed by atoms with E-state index in [2.05, 4.69) is 73.1 Å². The van der Waals surface area contributed by atoms with Gasteiger partial charge in [-0.05, 0) is 31.0 Å². The molecule has 2 unspecified atom stereocenters. The Bertz CT molecular complexity index is 856. The number of nitrogens with zero attached hydrogens (tertiary/aromatic N) is 6. The molecule has 1 N–H and O–H groups in total. The van der Waals surface area contributed by atoms with Crippen molar-refractivity contribution in [3.8, 4) is 0 Å². The lowest BCUT2D eigenvalue weighted by atomic mass is 10.1. The van der Waals surface area contributed by atoms with E-state index in [0.717, 1.165) is 64.3 Å². The van der Waals surface area contributed by atoms with Crippen molar-refractivity contribution >= 4 is 11.9 Å². The van der Waals surface area contributed by atoms with Crippen molar-refractivity contribution in [3.05, 3.63) is 53.9 Å². The van der Waals surface area contributed by atoms with Gasteiger partial charge in [-0.15, -0.1) is 0 Å². The van der Waals surface area contributed by atoms with Crippen LogP contribution in [-0.4, -0.2) is 84.3 Å². The molecule has 0 radical (unpaired) electrons. The number of benzene rings is 1. The summed E-state index contributed by atoms with van der Waals surface area (Å²) >= 11 is 0. The molecule has 2 aromatic rings. The topological polar surface area (TPSA) is 69.1 Å². The third-order valence-corrected chi connectivity index (χ3v) is 6.00. The van der Waals surface area contributed by atoms with Gasteiger partial charge in [0.25, 0.3) is 0 Å². The molecule has 1 aromatic heterocycles. The molecular weight excluding hydrogens is 402 g/mol. The number of ether oxygens (including phenoxy) is 1. The molecule has 8 nitrogen and oxygen atoms in total. The van der Waals surface area contributed by atoms with E-state index in [1.54, 1.807) is 12.4 Å². The smallest absolute Gasteiger partial charge is 0.225 e. The van der Waals surface area contributed by atoms with Crippen molar-refractivity contribution in [2.45, 2.75) is 39.1 Å². The fourth-order valence-corrected chi connectivity index (χ4v) is 4.52. The van der Waals surface area contributed by atoms with Gasteiger partial charge in [0.1, 0.15) is 0 Å². The van der Waals surface area contributed by atoms with Crippen LogP contribution in [0.15, 0.2) is 47.7 Å². The van der Waals surface area contributed by atoms with Gasteiger partial charge >= 0.3 is 0 Å². The average Bonchev–Trinajstić information content (AvgIpc) is 2.81. The molecule has 2 atom stereocenters. The lowest BCUT2D eigenvalue weighted by Crippen LogP contribution is -2.52. The standard InChI is InChI=1S/C24H35N7O/c1-19-16-29(17-20(2)32-19)18-22-7-5-21(6-8-22)15-28-23(25-3)30-11-13-31(14-12-30)24-26-9-4-10-27-24/h4-10,19-20H,11-18H2,1-3H3,(H,25,28). The Kier molecular flexibility index (Phi) is 7.55. The van der Waals surface area contributed by atoms with Crippen LogP contribution in [0.1, 0.15) is 25.0 Å². The summed E-state index contributed by atoms with van der Waals surface area (Å²) in [4.78, 5) is 20.2. The lowest BCUT2D eigenvalue weighted by Gasteiger charge is -2.36. The maximum atomic E-state index is 5.84. The van der Waals surface area contributed by atoms with Gasteiger partial charge < -0.3 is 19.9 Å².